The van der Waals surface area contributed by atoms with E-state index in [1.54, 1.807) is 0 Å². The van der Waals surface area contributed by atoms with Gasteiger partial charge in [-0.25, -0.2) is 0 Å². The fourth-order valence-electron chi connectivity index (χ4n) is 1.60. The largest absolute Gasteiger partial charge is 0.496 e. The van der Waals surface area contributed by atoms with Gasteiger partial charge in [-0.15, -0.1) is 0 Å². The van der Waals surface area contributed by atoms with Crippen molar-refractivity contribution in [2.75, 3.05) is 13.2 Å². The lowest BCUT2D eigenvalue weighted by atomic mass is 9.96. The van der Waals surface area contributed by atoms with Crippen molar-refractivity contribution in [3.63, 3.8) is 0 Å². The second-order valence-electron chi connectivity index (χ2n) is 4.11. The summed E-state index contributed by atoms with van der Waals surface area (Å²) in [5.74, 6) is 0.884. The van der Waals surface area contributed by atoms with Crippen molar-refractivity contribution in [2.45, 2.75) is 45.3 Å². The van der Waals surface area contributed by atoms with Gasteiger partial charge >= 0.3 is 0 Å². The summed E-state index contributed by atoms with van der Waals surface area (Å²) >= 11 is 0. The Hall–Kier alpha value is -0.540. The Bertz CT molecular complexity index is 211. The zero-order valence-corrected chi connectivity index (χ0v) is 9.38. The topological polar surface area (TPSA) is 44.5 Å². The normalized spacial score (nSPS) is 19.9. The summed E-state index contributed by atoms with van der Waals surface area (Å²) in [5.41, 5.74) is 5.74. The Morgan fingerprint density at radius 1 is 1.64 bits per heavy atom. The molecule has 0 spiro atoms. The third-order valence-electron chi connectivity index (χ3n) is 2.53. The van der Waals surface area contributed by atoms with Crippen LogP contribution in [0.15, 0.2) is 11.8 Å². The van der Waals surface area contributed by atoms with E-state index in [1.165, 1.54) is 0 Å². The Labute approximate surface area is 86.3 Å². The fourth-order valence-corrected chi connectivity index (χ4v) is 1.60. The molecule has 3 nitrogen and oxygen atoms in total. The maximum atomic E-state index is 6.09. The van der Waals surface area contributed by atoms with Crippen LogP contribution in [0.5, 0.6) is 0 Å². The Balaban J connectivity index is 2.62. The summed E-state index contributed by atoms with van der Waals surface area (Å²) in [6.07, 6.45) is 4.23. The van der Waals surface area contributed by atoms with Crippen molar-refractivity contribution >= 4 is 0 Å². The number of hydrogen-bond acceptors (Lipinski definition) is 3. The average molecular weight is 199 g/mol. The van der Waals surface area contributed by atoms with Crippen molar-refractivity contribution in [3.05, 3.63) is 11.8 Å². The summed E-state index contributed by atoms with van der Waals surface area (Å²) in [6, 6.07) is -0.164. The molecule has 1 atom stereocenters. The van der Waals surface area contributed by atoms with E-state index in [4.69, 9.17) is 15.2 Å². The fraction of sp³-hybridized carbons (Fsp3) is 0.818. The molecule has 2 N–H and O–H groups in total. The number of hydrogen-bond donors (Lipinski definition) is 1. The van der Waals surface area contributed by atoms with Crippen LogP contribution in [0, 0.1) is 0 Å². The van der Waals surface area contributed by atoms with E-state index in [9.17, 15) is 0 Å². The van der Waals surface area contributed by atoms with Gasteiger partial charge in [0.1, 0.15) is 5.76 Å². The van der Waals surface area contributed by atoms with Crippen molar-refractivity contribution < 1.29 is 9.47 Å². The summed E-state index contributed by atoms with van der Waals surface area (Å²) in [6.45, 7) is 7.43. The van der Waals surface area contributed by atoms with Crippen molar-refractivity contribution in [2.24, 2.45) is 5.73 Å². The van der Waals surface area contributed by atoms with Gasteiger partial charge in [-0.1, -0.05) is 0 Å². The number of nitrogens with two attached hydrogens (primary N) is 1. The minimum Gasteiger partial charge on any atom is -0.496 e. The van der Waals surface area contributed by atoms with Crippen LogP contribution in [0.25, 0.3) is 0 Å². The number of allylic oxidation sites excluding steroid dienone is 1. The smallest absolute Gasteiger partial charge is 0.112 e. The molecule has 0 aromatic rings. The first-order valence-electron chi connectivity index (χ1n) is 5.30. The molecule has 1 heterocycles. The predicted octanol–water partition coefficient (Wildman–Crippen LogP) is 1.82. The molecule has 1 rings (SSSR count). The van der Waals surface area contributed by atoms with E-state index >= 15 is 0 Å². The Kier molecular flexibility index (Phi) is 3.96. The monoisotopic (exact) mass is 199 g/mol. The van der Waals surface area contributed by atoms with Crippen LogP contribution < -0.4 is 5.73 Å². The molecule has 0 aliphatic carbocycles. The molecule has 0 bridgehead atoms. The van der Waals surface area contributed by atoms with Gasteiger partial charge in [-0.2, -0.15) is 0 Å². The molecule has 0 fully saturated rings. The van der Waals surface area contributed by atoms with E-state index in [1.807, 2.05) is 20.8 Å². The van der Waals surface area contributed by atoms with Gasteiger partial charge < -0.3 is 15.2 Å². The van der Waals surface area contributed by atoms with Gasteiger partial charge in [-0.05, 0) is 39.7 Å². The van der Waals surface area contributed by atoms with Crippen LogP contribution in [0.2, 0.25) is 0 Å². The molecule has 0 radical (unpaired) electrons. The quantitative estimate of drug-likeness (QED) is 0.751. The molecular weight excluding hydrogens is 178 g/mol. The van der Waals surface area contributed by atoms with Crippen LogP contribution in [0.4, 0.5) is 0 Å². The minimum atomic E-state index is -0.349. The second-order valence-corrected chi connectivity index (χ2v) is 4.11. The second kappa shape index (κ2) is 4.80. The lowest BCUT2D eigenvalue weighted by Crippen LogP contribution is -2.47. The van der Waals surface area contributed by atoms with Crippen molar-refractivity contribution in [3.8, 4) is 0 Å². The van der Waals surface area contributed by atoms with Gasteiger partial charge in [0.15, 0.2) is 0 Å². The SMILES string of the molecule is CCOC(C)(C)C(N)C1=CCCCO1. The molecule has 14 heavy (non-hydrogen) atoms. The molecule has 82 valence electrons. The van der Waals surface area contributed by atoms with E-state index < -0.39 is 0 Å². The maximum absolute atomic E-state index is 6.09. The standard InChI is InChI=1S/C11H21NO2/c1-4-14-11(2,3)10(12)9-7-5-6-8-13-9/h7,10H,4-6,8,12H2,1-3H3. The van der Waals surface area contributed by atoms with Crippen LogP contribution in [0.3, 0.4) is 0 Å². The zero-order valence-electron chi connectivity index (χ0n) is 9.38. The van der Waals surface area contributed by atoms with E-state index in [-0.39, 0.29) is 11.6 Å². The average Bonchev–Trinajstić information content (AvgIpc) is 2.18. The molecule has 0 saturated carbocycles. The molecule has 1 aliphatic heterocycles. The first-order valence-corrected chi connectivity index (χ1v) is 5.30. The predicted molar refractivity (Wildman–Crippen MR) is 56.9 cm³/mol. The highest BCUT2D eigenvalue weighted by atomic mass is 16.5. The molecular formula is C11H21NO2. The highest BCUT2D eigenvalue weighted by Gasteiger charge is 2.31. The molecule has 0 amide bonds. The van der Waals surface area contributed by atoms with Crippen LogP contribution in [-0.4, -0.2) is 24.9 Å². The molecule has 0 aromatic carbocycles. The number of rotatable bonds is 4. The van der Waals surface area contributed by atoms with E-state index in [0.717, 1.165) is 25.2 Å². The first-order chi connectivity index (χ1) is 6.58. The first kappa shape index (κ1) is 11.5. The van der Waals surface area contributed by atoms with E-state index in [2.05, 4.69) is 6.08 Å². The molecule has 1 aliphatic rings. The Morgan fingerprint density at radius 2 is 2.36 bits per heavy atom. The van der Waals surface area contributed by atoms with Gasteiger partial charge in [0.05, 0.1) is 18.2 Å². The molecule has 1 unspecified atom stereocenters. The van der Waals surface area contributed by atoms with Gasteiger partial charge in [-0.3, -0.25) is 0 Å². The van der Waals surface area contributed by atoms with Crippen LogP contribution >= 0.6 is 0 Å². The lowest BCUT2D eigenvalue weighted by molar-refractivity contribution is -0.0342. The van der Waals surface area contributed by atoms with Crippen LogP contribution in [0.1, 0.15) is 33.6 Å². The lowest BCUT2D eigenvalue weighted by Gasteiger charge is -2.33. The Morgan fingerprint density at radius 3 is 2.86 bits per heavy atom. The molecule has 0 aromatic heterocycles. The third kappa shape index (κ3) is 2.72. The molecule has 3 heteroatoms. The highest BCUT2D eigenvalue weighted by molar-refractivity contribution is 5.10. The number of ether oxygens (including phenoxy) is 2. The van der Waals surface area contributed by atoms with Gasteiger partial charge in [0, 0.05) is 6.61 Å². The third-order valence-corrected chi connectivity index (χ3v) is 2.53. The highest BCUT2D eigenvalue weighted by Crippen LogP contribution is 2.23. The zero-order chi connectivity index (χ0) is 10.6. The summed E-state index contributed by atoms with van der Waals surface area (Å²) in [4.78, 5) is 0. The minimum absolute atomic E-state index is 0.164. The molecule has 0 saturated heterocycles. The summed E-state index contributed by atoms with van der Waals surface area (Å²) in [5, 5.41) is 0. The van der Waals surface area contributed by atoms with Crippen LogP contribution in [-0.2, 0) is 9.47 Å². The van der Waals surface area contributed by atoms with Gasteiger partial charge in [0.25, 0.3) is 0 Å². The van der Waals surface area contributed by atoms with Crippen molar-refractivity contribution in [1.82, 2.24) is 0 Å². The van der Waals surface area contributed by atoms with Gasteiger partial charge in [0.2, 0.25) is 0 Å². The summed E-state index contributed by atoms with van der Waals surface area (Å²) < 4.78 is 11.1. The van der Waals surface area contributed by atoms with Crippen molar-refractivity contribution in [1.29, 1.82) is 0 Å². The maximum Gasteiger partial charge on any atom is 0.112 e. The van der Waals surface area contributed by atoms with E-state index in [0.29, 0.717) is 6.61 Å². The summed E-state index contributed by atoms with van der Waals surface area (Å²) in [7, 11) is 0.